The van der Waals surface area contributed by atoms with Gasteiger partial charge in [-0.1, -0.05) is 12.1 Å². The van der Waals surface area contributed by atoms with Crippen LogP contribution in [-0.4, -0.2) is 33.3 Å². The normalized spacial score (nSPS) is 13.7. The summed E-state index contributed by atoms with van der Waals surface area (Å²) < 4.78 is 0. The number of H-pyrrole nitrogens is 1. The topological polar surface area (TPSA) is 66.1 Å². The Morgan fingerprint density at radius 2 is 2.04 bits per heavy atom. The van der Waals surface area contributed by atoms with E-state index in [2.05, 4.69) is 10.2 Å². The molecule has 5 nitrogen and oxygen atoms in total. The van der Waals surface area contributed by atoms with Crippen LogP contribution in [0.4, 0.5) is 0 Å². The van der Waals surface area contributed by atoms with E-state index in [1.165, 1.54) is 5.56 Å². The Morgan fingerprint density at radius 1 is 1.22 bits per heavy atom. The third-order valence-electron chi connectivity index (χ3n) is 4.55. The Bertz CT molecular complexity index is 748. The number of Topliss-reactive ketones (excluding diaryl/α,β-unsaturated/α-hetero) is 1. The molecule has 1 amide bonds. The number of hydrogen-bond donors (Lipinski definition) is 1. The van der Waals surface area contributed by atoms with Gasteiger partial charge in [0.15, 0.2) is 5.78 Å². The Morgan fingerprint density at radius 3 is 2.83 bits per heavy atom. The third kappa shape index (κ3) is 3.33. The largest absolute Gasteiger partial charge is 0.338 e. The van der Waals surface area contributed by atoms with E-state index >= 15 is 0 Å². The van der Waals surface area contributed by atoms with Crippen molar-refractivity contribution < 1.29 is 9.59 Å². The quantitative estimate of drug-likeness (QED) is 0.883. The van der Waals surface area contributed by atoms with Gasteiger partial charge in [-0.15, -0.1) is 0 Å². The van der Waals surface area contributed by atoms with E-state index in [9.17, 15) is 9.59 Å². The highest BCUT2D eigenvalue weighted by Crippen LogP contribution is 2.18. The maximum atomic E-state index is 12.3. The molecular weight excluding hydrogens is 290 g/mol. The average molecular weight is 311 g/mol. The molecule has 0 saturated carbocycles. The van der Waals surface area contributed by atoms with Gasteiger partial charge in [-0.25, -0.2) is 0 Å². The average Bonchev–Trinajstić information content (AvgIpc) is 3.02. The monoisotopic (exact) mass is 311 g/mol. The Balaban J connectivity index is 1.57. The van der Waals surface area contributed by atoms with Crippen molar-refractivity contribution in [2.75, 3.05) is 6.54 Å². The van der Waals surface area contributed by atoms with Crippen LogP contribution in [0.1, 0.15) is 45.6 Å². The predicted molar refractivity (Wildman–Crippen MR) is 87.2 cm³/mol. The minimum atomic E-state index is 0.0301. The molecule has 23 heavy (non-hydrogen) atoms. The molecule has 2 aromatic rings. The molecule has 1 aromatic heterocycles. The first-order valence-corrected chi connectivity index (χ1v) is 7.94. The van der Waals surface area contributed by atoms with Crippen molar-refractivity contribution in [3.63, 3.8) is 0 Å². The second-order valence-electron chi connectivity index (χ2n) is 6.16. The van der Waals surface area contributed by atoms with Crippen molar-refractivity contribution in [2.24, 2.45) is 0 Å². The minimum absolute atomic E-state index is 0.0301. The molecule has 0 radical (unpaired) electrons. The number of aromatic nitrogens is 2. The van der Waals surface area contributed by atoms with Crippen LogP contribution >= 0.6 is 0 Å². The summed E-state index contributed by atoms with van der Waals surface area (Å²) in [7, 11) is 0. The predicted octanol–water partition coefficient (Wildman–Crippen LogP) is 2.57. The third-order valence-corrected chi connectivity index (χ3v) is 4.55. The number of carbonyl (C=O) groups is 2. The Hall–Kier alpha value is -2.43. The van der Waals surface area contributed by atoms with Crippen LogP contribution in [-0.2, 0) is 17.8 Å². The lowest BCUT2D eigenvalue weighted by molar-refractivity contribution is -0.132. The van der Waals surface area contributed by atoms with Crippen molar-refractivity contribution >= 4 is 11.7 Å². The lowest BCUT2D eigenvalue weighted by Crippen LogP contribution is -2.35. The summed E-state index contributed by atoms with van der Waals surface area (Å²) in [4.78, 5) is 26.4. The number of aryl methyl sites for hydroxylation is 2. The summed E-state index contributed by atoms with van der Waals surface area (Å²) in [6.45, 7) is 5.29. The second-order valence-corrected chi connectivity index (χ2v) is 6.16. The molecule has 0 saturated heterocycles. The number of aromatic amines is 1. The molecule has 0 aliphatic carbocycles. The van der Waals surface area contributed by atoms with E-state index in [1.54, 1.807) is 6.20 Å². The zero-order valence-electron chi connectivity index (χ0n) is 13.6. The number of hydrogen-bond acceptors (Lipinski definition) is 3. The molecule has 2 heterocycles. The maximum absolute atomic E-state index is 12.3. The summed E-state index contributed by atoms with van der Waals surface area (Å²) in [6, 6.07) is 5.70. The minimum Gasteiger partial charge on any atom is -0.338 e. The molecule has 0 unspecified atom stereocenters. The van der Waals surface area contributed by atoms with Crippen molar-refractivity contribution in [2.45, 2.75) is 39.7 Å². The van der Waals surface area contributed by atoms with Gasteiger partial charge < -0.3 is 4.90 Å². The smallest absolute Gasteiger partial charge is 0.223 e. The van der Waals surface area contributed by atoms with Gasteiger partial charge in [-0.2, -0.15) is 5.10 Å². The number of nitrogens with zero attached hydrogens (tertiary/aromatic N) is 2. The molecule has 1 aliphatic rings. The highest BCUT2D eigenvalue weighted by atomic mass is 16.2. The number of nitrogens with one attached hydrogen (secondary N) is 1. The fourth-order valence-corrected chi connectivity index (χ4v) is 2.87. The molecule has 3 rings (SSSR count). The number of amides is 1. The summed E-state index contributed by atoms with van der Waals surface area (Å²) in [5, 5.41) is 6.97. The first kappa shape index (κ1) is 15.5. The van der Waals surface area contributed by atoms with Crippen LogP contribution in [0.5, 0.6) is 0 Å². The van der Waals surface area contributed by atoms with E-state index < -0.39 is 0 Å². The summed E-state index contributed by atoms with van der Waals surface area (Å²) >= 11 is 0. The maximum Gasteiger partial charge on any atom is 0.223 e. The fraction of sp³-hybridized carbons (Fsp3) is 0.389. The van der Waals surface area contributed by atoms with Gasteiger partial charge in [0, 0.05) is 49.2 Å². The van der Waals surface area contributed by atoms with Crippen molar-refractivity contribution in [3.8, 4) is 0 Å². The lowest BCUT2D eigenvalue weighted by Gasteiger charge is -2.26. The van der Waals surface area contributed by atoms with Crippen LogP contribution in [0.2, 0.25) is 0 Å². The van der Waals surface area contributed by atoms with Gasteiger partial charge in [0.2, 0.25) is 5.91 Å². The molecule has 120 valence electrons. The number of fused-ring (bicyclic) bond motifs is 1. The summed E-state index contributed by atoms with van der Waals surface area (Å²) in [5.41, 5.74) is 5.15. The summed E-state index contributed by atoms with van der Waals surface area (Å²) in [6.07, 6.45) is 3.09. The van der Waals surface area contributed by atoms with Gasteiger partial charge in [0.25, 0.3) is 0 Å². The van der Waals surface area contributed by atoms with E-state index in [0.717, 1.165) is 23.2 Å². The fourth-order valence-electron chi connectivity index (χ4n) is 2.87. The standard InChI is InChI=1S/C18H21N3O2/c1-12-3-4-14(9-13(12)2)17(22)5-6-18(23)21-8-7-16-15(11-21)10-19-20-16/h3-4,9-10H,5-8,11H2,1-2H3,(H,19,20). The van der Waals surface area contributed by atoms with Crippen molar-refractivity contribution in [1.29, 1.82) is 0 Å². The summed E-state index contributed by atoms with van der Waals surface area (Å²) in [5.74, 6) is 0.0662. The van der Waals surface area contributed by atoms with Gasteiger partial charge in [-0.05, 0) is 31.0 Å². The Labute approximate surface area is 135 Å². The second kappa shape index (κ2) is 6.36. The van der Waals surface area contributed by atoms with Gasteiger partial charge in [0.05, 0.1) is 6.20 Å². The zero-order chi connectivity index (χ0) is 16.4. The van der Waals surface area contributed by atoms with E-state index in [4.69, 9.17) is 0 Å². The molecular formula is C18H21N3O2. The van der Waals surface area contributed by atoms with Crippen LogP contribution in [0.25, 0.3) is 0 Å². The number of carbonyl (C=O) groups excluding carboxylic acids is 2. The lowest BCUT2D eigenvalue weighted by atomic mass is 10.0. The van der Waals surface area contributed by atoms with Crippen molar-refractivity contribution in [3.05, 3.63) is 52.3 Å². The molecule has 1 aromatic carbocycles. The molecule has 0 fully saturated rings. The highest BCUT2D eigenvalue weighted by Gasteiger charge is 2.22. The zero-order valence-corrected chi connectivity index (χ0v) is 13.6. The van der Waals surface area contributed by atoms with Gasteiger partial charge in [0.1, 0.15) is 0 Å². The molecule has 5 heteroatoms. The van der Waals surface area contributed by atoms with Crippen molar-refractivity contribution in [1.82, 2.24) is 15.1 Å². The van der Waals surface area contributed by atoms with Gasteiger partial charge in [-0.3, -0.25) is 14.7 Å². The van der Waals surface area contributed by atoms with E-state index in [0.29, 0.717) is 18.7 Å². The van der Waals surface area contributed by atoms with E-state index in [1.807, 2.05) is 36.9 Å². The molecule has 0 atom stereocenters. The SMILES string of the molecule is Cc1ccc(C(=O)CCC(=O)N2CCc3[nH]ncc3C2)cc1C. The first-order chi connectivity index (χ1) is 11.0. The van der Waals surface area contributed by atoms with Gasteiger partial charge >= 0.3 is 0 Å². The number of benzene rings is 1. The molecule has 0 spiro atoms. The number of rotatable bonds is 4. The van der Waals surface area contributed by atoms with Crippen LogP contribution < -0.4 is 0 Å². The van der Waals surface area contributed by atoms with Crippen LogP contribution in [0.3, 0.4) is 0 Å². The van der Waals surface area contributed by atoms with E-state index in [-0.39, 0.29) is 24.5 Å². The highest BCUT2D eigenvalue weighted by molar-refractivity contribution is 5.98. The van der Waals surface area contributed by atoms with Crippen LogP contribution in [0, 0.1) is 13.8 Å². The first-order valence-electron chi connectivity index (χ1n) is 7.94. The van der Waals surface area contributed by atoms with Crippen LogP contribution in [0.15, 0.2) is 24.4 Å². The molecule has 0 bridgehead atoms. The Kier molecular flexibility index (Phi) is 4.28. The molecule has 1 N–H and O–H groups in total. The molecule has 1 aliphatic heterocycles. The number of ketones is 1.